The molecular formula is C18H18ClNO3S2. The number of nitrogens with zero attached hydrogens (tertiary/aromatic N) is 1. The zero-order chi connectivity index (χ0) is 17.8. The smallest absolute Gasteiger partial charge is 0.266 e. The van der Waals surface area contributed by atoms with Crippen molar-refractivity contribution in [3.8, 4) is 5.75 Å². The number of thiocarbonyl (C=S) groups is 1. The normalized spacial score (nSPS) is 22.0. The molecule has 2 saturated heterocycles. The van der Waals surface area contributed by atoms with E-state index in [9.17, 15) is 4.79 Å². The lowest BCUT2D eigenvalue weighted by molar-refractivity contribution is -0.123. The molecule has 1 aromatic rings. The highest BCUT2D eigenvalue weighted by molar-refractivity contribution is 8.26. The predicted octanol–water partition coefficient (Wildman–Crippen LogP) is 4.29. The molecule has 0 aromatic heterocycles. The van der Waals surface area contributed by atoms with E-state index in [1.807, 2.05) is 6.07 Å². The van der Waals surface area contributed by atoms with Crippen LogP contribution in [0, 0.1) is 0 Å². The molecule has 2 heterocycles. The van der Waals surface area contributed by atoms with Gasteiger partial charge in [0.1, 0.15) is 16.7 Å². The number of hydrogen-bond acceptors (Lipinski definition) is 5. The Morgan fingerprint density at radius 3 is 3.04 bits per heavy atom. The van der Waals surface area contributed by atoms with Gasteiger partial charge in [0, 0.05) is 6.61 Å². The quantitative estimate of drug-likeness (QED) is 0.408. The first kappa shape index (κ1) is 18.5. The monoisotopic (exact) mass is 395 g/mol. The molecule has 7 heteroatoms. The molecule has 2 aliphatic heterocycles. The first-order valence-electron chi connectivity index (χ1n) is 7.98. The third kappa shape index (κ3) is 4.44. The van der Waals surface area contributed by atoms with Crippen LogP contribution < -0.4 is 4.74 Å². The number of carbonyl (C=O) groups is 1. The molecule has 0 N–H and O–H groups in total. The second-order valence-corrected chi connectivity index (χ2v) is 7.80. The van der Waals surface area contributed by atoms with Gasteiger partial charge in [-0.1, -0.05) is 54.3 Å². The minimum absolute atomic E-state index is 0.0754. The van der Waals surface area contributed by atoms with Gasteiger partial charge in [0.15, 0.2) is 0 Å². The fourth-order valence-electron chi connectivity index (χ4n) is 2.67. The van der Waals surface area contributed by atoms with Crippen molar-refractivity contribution < 1.29 is 14.3 Å². The number of halogens is 1. The summed E-state index contributed by atoms with van der Waals surface area (Å²) in [5, 5.41) is 0.491. The Morgan fingerprint density at radius 2 is 2.36 bits per heavy atom. The second kappa shape index (κ2) is 8.36. The lowest BCUT2D eigenvalue weighted by Crippen LogP contribution is -2.35. The van der Waals surface area contributed by atoms with Crippen molar-refractivity contribution in [1.82, 2.24) is 4.90 Å². The Balaban J connectivity index is 1.72. The molecular weight excluding hydrogens is 378 g/mol. The highest BCUT2D eigenvalue weighted by Gasteiger charge is 2.34. The minimum atomic E-state index is -0.0754. The van der Waals surface area contributed by atoms with E-state index in [1.165, 1.54) is 11.8 Å². The maximum absolute atomic E-state index is 12.6. The van der Waals surface area contributed by atoms with Crippen LogP contribution in [0.2, 0.25) is 5.02 Å². The van der Waals surface area contributed by atoms with E-state index < -0.39 is 0 Å². The molecule has 2 aliphatic rings. The number of rotatable bonds is 6. The number of amides is 1. The summed E-state index contributed by atoms with van der Waals surface area (Å²) in [6.45, 7) is 5.28. The van der Waals surface area contributed by atoms with E-state index >= 15 is 0 Å². The standard InChI is InChI=1S/C18H18ClNO3S2/c1-2-7-23-15-6-5-12(9-14(15)19)10-16-17(21)20(18(24)25-16)11-13-4-3-8-22-13/h2,5-6,9-10,13H,1,3-4,7-8,11H2/b16-10-/t13-/m1/s1. The number of carbonyl (C=O) groups excluding carboxylic acids is 1. The van der Waals surface area contributed by atoms with Crippen LogP contribution in [0.1, 0.15) is 18.4 Å². The molecule has 0 spiro atoms. The summed E-state index contributed by atoms with van der Waals surface area (Å²) in [6, 6.07) is 5.41. The van der Waals surface area contributed by atoms with E-state index in [0.717, 1.165) is 25.0 Å². The van der Waals surface area contributed by atoms with Crippen LogP contribution in [-0.4, -0.2) is 41.0 Å². The zero-order valence-electron chi connectivity index (χ0n) is 13.6. The van der Waals surface area contributed by atoms with Crippen LogP contribution in [0.5, 0.6) is 5.75 Å². The van der Waals surface area contributed by atoms with Crippen molar-refractivity contribution >= 4 is 51.9 Å². The van der Waals surface area contributed by atoms with Gasteiger partial charge in [0.25, 0.3) is 5.91 Å². The van der Waals surface area contributed by atoms with Gasteiger partial charge in [-0.15, -0.1) is 0 Å². The fourth-order valence-corrected chi connectivity index (χ4v) is 4.19. The van der Waals surface area contributed by atoms with E-state index in [0.29, 0.717) is 33.1 Å². The first-order valence-corrected chi connectivity index (χ1v) is 9.59. The summed E-state index contributed by atoms with van der Waals surface area (Å²) in [7, 11) is 0. The third-order valence-electron chi connectivity index (χ3n) is 3.89. The molecule has 25 heavy (non-hydrogen) atoms. The molecule has 0 unspecified atom stereocenters. The Kier molecular flexibility index (Phi) is 6.17. The van der Waals surface area contributed by atoms with Gasteiger partial charge < -0.3 is 9.47 Å². The number of ether oxygens (including phenoxy) is 2. The molecule has 132 valence electrons. The summed E-state index contributed by atoms with van der Waals surface area (Å²) >= 11 is 12.9. The van der Waals surface area contributed by atoms with Crippen molar-refractivity contribution in [2.75, 3.05) is 19.8 Å². The fraction of sp³-hybridized carbons (Fsp3) is 0.333. The number of thioether (sulfide) groups is 1. The molecule has 1 aromatic carbocycles. The van der Waals surface area contributed by atoms with Crippen molar-refractivity contribution in [2.45, 2.75) is 18.9 Å². The van der Waals surface area contributed by atoms with Crippen LogP contribution >= 0.6 is 35.6 Å². The Bertz CT molecular complexity index is 729. The molecule has 0 radical (unpaired) electrons. The Hall–Kier alpha value is -1.34. The second-order valence-electron chi connectivity index (χ2n) is 5.72. The van der Waals surface area contributed by atoms with Crippen LogP contribution in [0.15, 0.2) is 35.8 Å². The largest absolute Gasteiger partial charge is 0.488 e. The van der Waals surface area contributed by atoms with Crippen molar-refractivity contribution in [3.63, 3.8) is 0 Å². The van der Waals surface area contributed by atoms with Crippen LogP contribution in [0.25, 0.3) is 6.08 Å². The summed E-state index contributed by atoms with van der Waals surface area (Å²) in [5.74, 6) is 0.512. The average molecular weight is 396 g/mol. The lowest BCUT2D eigenvalue weighted by atomic mass is 10.2. The summed E-state index contributed by atoms with van der Waals surface area (Å²) < 4.78 is 11.6. The van der Waals surface area contributed by atoms with E-state index in [2.05, 4.69) is 6.58 Å². The van der Waals surface area contributed by atoms with Crippen LogP contribution in [-0.2, 0) is 9.53 Å². The summed E-state index contributed by atoms with van der Waals surface area (Å²) in [5.41, 5.74) is 0.827. The van der Waals surface area contributed by atoms with Gasteiger partial charge in [-0.3, -0.25) is 9.69 Å². The topological polar surface area (TPSA) is 38.8 Å². The van der Waals surface area contributed by atoms with Crippen molar-refractivity contribution in [3.05, 3.63) is 46.3 Å². The molecule has 1 atom stereocenters. The van der Waals surface area contributed by atoms with Gasteiger partial charge in [0.05, 0.1) is 22.6 Å². The van der Waals surface area contributed by atoms with Gasteiger partial charge >= 0.3 is 0 Å². The zero-order valence-corrected chi connectivity index (χ0v) is 16.0. The maximum atomic E-state index is 12.6. The molecule has 2 fully saturated rings. The molecule has 0 saturated carbocycles. The summed E-state index contributed by atoms with van der Waals surface area (Å²) in [6.07, 6.45) is 5.55. The Labute approximate surface area is 161 Å². The minimum Gasteiger partial charge on any atom is -0.488 e. The van der Waals surface area contributed by atoms with E-state index in [4.69, 9.17) is 33.3 Å². The highest BCUT2D eigenvalue weighted by Crippen LogP contribution is 2.34. The van der Waals surface area contributed by atoms with Crippen molar-refractivity contribution in [2.24, 2.45) is 0 Å². The van der Waals surface area contributed by atoms with E-state index in [1.54, 1.807) is 29.2 Å². The average Bonchev–Trinajstić information content (AvgIpc) is 3.19. The van der Waals surface area contributed by atoms with E-state index in [-0.39, 0.29) is 12.0 Å². The highest BCUT2D eigenvalue weighted by atomic mass is 35.5. The van der Waals surface area contributed by atoms with Crippen LogP contribution in [0.4, 0.5) is 0 Å². The maximum Gasteiger partial charge on any atom is 0.266 e. The lowest BCUT2D eigenvalue weighted by Gasteiger charge is -2.18. The van der Waals surface area contributed by atoms with Gasteiger partial charge in [-0.25, -0.2) is 0 Å². The molecule has 1 amide bonds. The van der Waals surface area contributed by atoms with Crippen molar-refractivity contribution in [1.29, 1.82) is 0 Å². The number of hydrogen-bond donors (Lipinski definition) is 0. The van der Waals surface area contributed by atoms with Gasteiger partial charge in [-0.05, 0) is 36.6 Å². The van der Waals surface area contributed by atoms with Crippen LogP contribution in [0.3, 0.4) is 0 Å². The molecule has 0 bridgehead atoms. The Morgan fingerprint density at radius 1 is 1.52 bits per heavy atom. The predicted molar refractivity (Wildman–Crippen MR) is 106 cm³/mol. The molecule has 3 rings (SSSR count). The number of benzene rings is 1. The third-order valence-corrected chi connectivity index (χ3v) is 5.57. The van der Waals surface area contributed by atoms with Gasteiger partial charge in [-0.2, -0.15) is 0 Å². The summed E-state index contributed by atoms with van der Waals surface area (Å²) in [4.78, 5) is 14.9. The molecule has 0 aliphatic carbocycles. The SMILES string of the molecule is C=CCOc1ccc(/C=C2\SC(=S)N(C[C@H]3CCCO3)C2=O)cc1Cl. The molecule has 4 nitrogen and oxygen atoms in total. The van der Waals surface area contributed by atoms with Gasteiger partial charge in [0.2, 0.25) is 0 Å². The first-order chi connectivity index (χ1) is 12.1.